The van der Waals surface area contributed by atoms with Gasteiger partial charge in [-0.05, 0) is 86.2 Å². The second kappa shape index (κ2) is 6.88. The van der Waals surface area contributed by atoms with Crippen molar-refractivity contribution in [2.45, 2.75) is 64.6 Å². The molecule has 0 aromatic heterocycles. The quantitative estimate of drug-likeness (QED) is 0.701. The van der Waals surface area contributed by atoms with E-state index >= 15 is 0 Å². The van der Waals surface area contributed by atoms with Crippen molar-refractivity contribution >= 4 is 5.78 Å². The molecule has 0 saturated heterocycles. The standard InChI is InChI=1S/C25H32O2/c1-25-14-13-21-20-10-8-19(27-16-17-5-3-2-4-6-17)15-18(20)7-9-22(21)23(25)11-12-24(25)26/h2-6,11-12,18-23H,7-10,13-16H2,1H3/t18-,19?,20+,21-,22-,23+,25+/m1/s1. The van der Waals surface area contributed by atoms with Crippen LogP contribution in [0.3, 0.4) is 0 Å². The Labute approximate surface area is 163 Å². The molecule has 27 heavy (non-hydrogen) atoms. The minimum atomic E-state index is -0.0794. The second-order valence-electron chi connectivity index (χ2n) is 9.77. The zero-order valence-electron chi connectivity index (χ0n) is 16.5. The van der Waals surface area contributed by atoms with Gasteiger partial charge in [0.15, 0.2) is 5.78 Å². The second-order valence-corrected chi connectivity index (χ2v) is 9.77. The van der Waals surface area contributed by atoms with Crippen molar-refractivity contribution < 1.29 is 9.53 Å². The minimum Gasteiger partial charge on any atom is -0.374 e. The summed E-state index contributed by atoms with van der Waals surface area (Å²) >= 11 is 0. The Morgan fingerprint density at radius 1 is 1.00 bits per heavy atom. The molecule has 4 aliphatic carbocycles. The number of hydrogen-bond donors (Lipinski definition) is 0. The van der Waals surface area contributed by atoms with Gasteiger partial charge in [0.2, 0.25) is 0 Å². The van der Waals surface area contributed by atoms with Gasteiger partial charge in [0.1, 0.15) is 0 Å². The number of ether oxygens (including phenoxy) is 1. The molecule has 0 aliphatic heterocycles. The molecule has 0 N–H and O–H groups in total. The van der Waals surface area contributed by atoms with Crippen LogP contribution in [-0.2, 0) is 16.1 Å². The average Bonchev–Trinajstić information content (AvgIpc) is 3.01. The number of carbonyl (C=O) groups excluding carboxylic acids is 1. The van der Waals surface area contributed by atoms with Crippen LogP contribution in [-0.4, -0.2) is 11.9 Å². The van der Waals surface area contributed by atoms with Crippen LogP contribution in [0, 0.1) is 35.0 Å². The largest absolute Gasteiger partial charge is 0.374 e. The highest BCUT2D eigenvalue weighted by atomic mass is 16.5. The van der Waals surface area contributed by atoms with Gasteiger partial charge in [-0.15, -0.1) is 0 Å². The van der Waals surface area contributed by atoms with Crippen LogP contribution in [0.4, 0.5) is 0 Å². The van der Waals surface area contributed by atoms with E-state index in [2.05, 4.69) is 43.3 Å². The Balaban J connectivity index is 1.23. The van der Waals surface area contributed by atoms with Crippen molar-refractivity contribution in [3.8, 4) is 0 Å². The van der Waals surface area contributed by atoms with Gasteiger partial charge in [-0.25, -0.2) is 0 Å². The summed E-state index contributed by atoms with van der Waals surface area (Å²) in [5.74, 6) is 4.20. The molecule has 2 nitrogen and oxygen atoms in total. The van der Waals surface area contributed by atoms with E-state index in [1.807, 2.05) is 6.08 Å². The fraction of sp³-hybridized carbons (Fsp3) is 0.640. The average molecular weight is 365 g/mol. The molecule has 0 bridgehead atoms. The van der Waals surface area contributed by atoms with Crippen molar-refractivity contribution in [1.82, 2.24) is 0 Å². The van der Waals surface area contributed by atoms with Crippen LogP contribution < -0.4 is 0 Å². The van der Waals surface area contributed by atoms with Gasteiger partial charge in [0.25, 0.3) is 0 Å². The number of ketones is 1. The third kappa shape index (κ3) is 3.01. The first-order chi connectivity index (χ1) is 13.1. The highest BCUT2D eigenvalue weighted by Crippen LogP contribution is 2.59. The predicted octanol–water partition coefficient (Wildman–Crippen LogP) is 5.57. The van der Waals surface area contributed by atoms with Gasteiger partial charge >= 0.3 is 0 Å². The summed E-state index contributed by atoms with van der Waals surface area (Å²) in [5.41, 5.74) is 1.21. The number of fused-ring (bicyclic) bond motifs is 5. The van der Waals surface area contributed by atoms with E-state index in [-0.39, 0.29) is 5.41 Å². The molecule has 1 unspecified atom stereocenters. The van der Waals surface area contributed by atoms with E-state index in [1.165, 1.54) is 44.1 Å². The third-order valence-corrected chi connectivity index (χ3v) is 8.50. The number of carbonyl (C=O) groups is 1. The summed E-state index contributed by atoms with van der Waals surface area (Å²) < 4.78 is 6.30. The Kier molecular flexibility index (Phi) is 4.50. The smallest absolute Gasteiger partial charge is 0.161 e. The van der Waals surface area contributed by atoms with Crippen molar-refractivity contribution in [1.29, 1.82) is 0 Å². The van der Waals surface area contributed by atoms with E-state index in [9.17, 15) is 4.79 Å². The van der Waals surface area contributed by atoms with Crippen LogP contribution in [0.1, 0.15) is 57.4 Å². The van der Waals surface area contributed by atoms with E-state index in [1.54, 1.807) is 0 Å². The van der Waals surface area contributed by atoms with E-state index in [0.29, 0.717) is 17.8 Å². The molecule has 0 heterocycles. The summed E-state index contributed by atoms with van der Waals surface area (Å²) in [6, 6.07) is 10.6. The molecule has 7 atom stereocenters. The summed E-state index contributed by atoms with van der Waals surface area (Å²) in [4.78, 5) is 12.4. The first kappa shape index (κ1) is 17.7. The van der Waals surface area contributed by atoms with Crippen molar-refractivity contribution in [3.05, 3.63) is 48.0 Å². The zero-order valence-corrected chi connectivity index (χ0v) is 16.5. The lowest BCUT2D eigenvalue weighted by Crippen LogP contribution is -2.49. The lowest BCUT2D eigenvalue weighted by Gasteiger charge is -2.54. The highest BCUT2D eigenvalue weighted by molar-refractivity contribution is 5.97. The molecule has 0 radical (unpaired) electrons. The van der Waals surface area contributed by atoms with E-state index < -0.39 is 0 Å². The van der Waals surface area contributed by atoms with Gasteiger partial charge in [-0.2, -0.15) is 0 Å². The Morgan fingerprint density at radius 3 is 2.67 bits per heavy atom. The van der Waals surface area contributed by atoms with Gasteiger partial charge < -0.3 is 4.74 Å². The van der Waals surface area contributed by atoms with Crippen molar-refractivity contribution in [2.24, 2.45) is 35.0 Å². The van der Waals surface area contributed by atoms with E-state index in [4.69, 9.17) is 4.74 Å². The monoisotopic (exact) mass is 364 g/mol. The topological polar surface area (TPSA) is 26.3 Å². The summed E-state index contributed by atoms with van der Waals surface area (Å²) in [6.07, 6.45) is 13.4. The predicted molar refractivity (Wildman–Crippen MR) is 107 cm³/mol. The molecular weight excluding hydrogens is 332 g/mol. The molecule has 4 aliphatic rings. The fourth-order valence-corrected chi connectivity index (χ4v) is 7.02. The molecule has 0 spiro atoms. The lowest BCUT2D eigenvalue weighted by atomic mass is 9.50. The highest BCUT2D eigenvalue weighted by Gasteiger charge is 2.55. The van der Waals surface area contributed by atoms with Crippen LogP contribution in [0.2, 0.25) is 0 Å². The first-order valence-electron chi connectivity index (χ1n) is 11.0. The molecule has 1 aromatic carbocycles. The first-order valence-corrected chi connectivity index (χ1v) is 11.0. The Bertz CT molecular complexity index is 723. The molecule has 0 amide bonds. The van der Waals surface area contributed by atoms with Crippen molar-refractivity contribution in [3.63, 3.8) is 0 Å². The van der Waals surface area contributed by atoms with Gasteiger partial charge in [0, 0.05) is 5.41 Å². The lowest BCUT2D eigenvalue weighted by molar-refractivity contribution is -0.131. The van der Waals surface area contributed by atoms with Crippen LogP contribution in [0.25, 0.3) is 0 Å². The van der Waals surface area contributed by atoms with Gasteiger partial charge in [-0.1, -0.05) is 43.3 Å². The molecule has 3 saturated carbocycles. The Morgan fingerprint density at radius 2 is 1.81 bits per heavy atom. The number of benzene rings is 1. The Hall–Kier alpha value is -1.41. The minimum absolute atomic E-state index is 0.0794. The molecule has 1 aromatic rings. The van der Waals surface area contributed by atoms with Crippen molar-refractivity contribution in [2.75, 3.05) is 0 Å². The molecule has 2 heteroatoms. The molecular formula is C25H32O2. The van der Waals surface area contributed by atoms with Gasteiger partial charge in [0.05, 0.1) is 12.7 Å². The molecule has 5 rings (SSSR count). The maximum atomic E-state index is 12.4. The number of rotatable bonds is 3. The van der Waals surface area contributed by atoms with Crippen LogP contribution in [0.15, 0.2) is 42.5 Å². The molecule has 3 fully saturated rings. The SMILES string of the molecule is C[C@]12CC[C@H]3[C@@H](CC[C@@H]4CC(OCc5ccccc5)CC[C@@H]43)[C@@H]1C=CC2=O. The summed E-state index contributed by atoms with van der Waals surface area (Å²) in [5, 5.41) is 0. The summed E-state index contributed by atoms with van der Waals surface area (Å²) in [7, 11) is 0. The number of allylic oxidation sites excluding steroid dienone is 2. The van der Waals surface area contributed by atoms with Crippen LogP contribution in [0.5, 0.6) is 0 Å². The fourth-order valence-electron chi connectivity index (χ4n) is 7.02. The van der Waals surface area contributed by atoms with Crippen LogP contribution >= 0.6 is 0 Å². The maximum absolute atomic E-state index is 12.4. The molecule has 144 valence electrons. The van der Waals surface area contributed by atoms with Gasteiger partial charge in [-0.3, -0.25) is 4.79 Å². The third-order valence-electron chi connectivity index (χ3n) is 8.50. The normalized spacial score (nSPS) is 43.1. The number of hydrogen-bond acceptors (Lipinski definition) is 2. The maximum Gasteiger partial charge on any atom is 0.161 e. The van der Waals surface area contributed by atoms with E-state index in [0.717, 1.165) is 36.7 Å². The zero-order chi connectivity index (χ0) is 18.4. The summed E-state index contributed by atoms with van der Waals surface area (Å²) in [6.45, 7) is 2.99.